The Morgan fingerprint density at radius 2 is 1.71 bits per heavy atom. The summed E-state index contributed by atoms with van der Waals surface area (Å²) in [5.41, 5.74) is 5.08. The minimum absolute atomic E-state index is 0.215. The van der Waals surface area contributed by atoms with Crippen LogP contribution in [0.25, 0.3) is 0 Å². The lowest BCUT2D eigenvalue weighted by Crippen LogP contribution is -2.17. The van der Waals surface area contributed by atoms with E-state index in [2.05, 4.69) is 65.0 Å². The zero-order valence-corrected chi connectivity index (χ0v) is 11.8. The van der Waals surface area contributed by atoms with Gasteiger partial charge in [-0.2, -0.15) is 0 Å². The molecule has 0 N–H and O–H groups in total. The molecule has 0 bridgehead atoms. The largest absolute Gasteiger partial charge is 0.0836 e. The van der Waals surface area contributed by atoms with Crippen molar-refractivity contribution in [3.63, 3.8) is 0 Å². The Kier molecular flexibility index (Phi) is 2.93. The van der Waals surface area contributed by atoms with Gasteiger partial charge in [0.2, 0.25) is 0 Å². The molecule has 0 nitrogen and oxygen atoms in total. The van der Waals surface area contributed by atoms with Gasteiger partial charge < -0.3 is 0 Å². The van der Waals surface area contributed by atoms with Crippen molar-refractivity contribution in [1.29, 1.82) is 0 Å². The van der Waals surface area contributed by atoms with Crippen molar-refractivity contribution >= 4 is 0 Å². The average molecular weight is 228 g/mol. The van der Waals surface area contributed by atoms with Gasteiger partial charge in [0.05, 0.1) is 0 Å². The summed E-state index contributed by atoms with van der Waals surface area (Å²) in [5.74, 6) is 0. The van der Waals surface area contributed by atoms with E-state index in [-0.39, 0.29) is 5.41 Å². The summed E-state index contributed by atoms with van der Waals surface area (Å²) in [6, 6.07) is 0. The van der Waals surface area contributed by atoms with Crippen LogP contribution in [0, 0.1) is 10.8 Å². The number of rotatable bonds is 1. The number of allylic oxidation sites excluding steroid dienone is 8. The van der Waals surface area contributed by atoms with Gasteiger partial charge in [-0.1, -0.05) is 51.2 Å². The van der Waals surface area contributed by atoms with Gasteiger partial charge >= 0.3 is 0 Å². The molecule has 2 rings (SSSR count). The van der Waals surface area contributed by atoms with E-state index in [1.165, 1.54) is 23.1 Å². The maximum atomic E-state index is 2.40. The molecule has 2 aliphatic rings. The molecular weight excluding hydrogens is 204 g/mol. The molecule has 0 spiro atoms. The lowest BCUT2D eigenvalue weighted by molar-refractivity contribution is 0.359. The number of hydrogen-bond donors (Lipinski definition) is 0. The van der Waals surface area contributed by atoms with E-state index in [1.807, 2.05) is 0 Å². The van der Waals surface area contributed by atoms with Gasteiger partial charge in [-0.05, 0) is 48.8 Å². The summed E-state index contributed by atoms with van der Waals surface area (Å²) in [4.78, 5) is 0. The Hall–Kier alpha value is -1.04. The third kappa shape index (κ3) is 1.74. The summed E-state index contributed by atoms with van der Waals surface area (Å²) in [6.07, 6.45) is 13.9. The van der Waals surface area contributed by atoms with Crippen LogP contribution in [0.3, 0.4) is 0 Å². The first-order valence-corrected chi connectivity index (χ1v) is 6.67. The van der Waals surface area contributed by atoms with Crippen LogP contribution in [0.5, 0.6) is 0 Å². The maximum absolute atomic E-state index is 2.40. The topological polar surface area (TPSA) is 0 Å². The molecule has 0 amide bonds. The van der Waals surface area contributed by atoms with E-state index in [1.54, 1.807) is 0 Å². The van der Waals surface area contributed by atoms with Gasteiger partial charge in [-0.15, -0.1) is 0 Å². The molecular formula is C17H24. The first kappa shape index (κ1) is 12.4. The van der Waals surface area contributed by atoms with Crippen LogP contribution in [-0.4, -0.2) is 0 Å². The highest BCUT2D eigenvalue weighted by Gasteiger charge is 2.48. The summed E-state index contributed by atoms with van der Waals surface area (Å²) < 4.78 is 0. The summed E-state index contributed by atoms with van der Waals surface area (Å²) in [6.45, 7) is 11.5. The Balaban J connectivity index is 2.54. The third-order valence-electron chi connectivity index (χ3n) is 4.39. The minimum Gasteiger partial charge on any atom is -0.0836 e. The van der Waals surface area contributed by atoms with E-state index in [0.717, 1.165) is 6.42 Å². The molecule has 1 atom stereocenters. The van der Waals surface area contributed by atoms with Crippen molar-refractivity contribution in [2.24, 2.45) is 10.8 Å². The maximum Gasteiger partial charge on any atom is 0.0179 e. The molecule has 92 valence electrons. The van der Waals surface area contributed by atoms with Crippen LogP contribution in [-0.2, 0) is 0 Å². The van der Waals surface area contributed by atoms with Crippen LogP contribution in [0.1, 0.15) is 47.5 Å². The van der Waals surface area contributed by atoms with Crippen molar-refractivity contribution in [3.05, 3.63) is 47.1 Å². The van der Waals surface area contributed by atoms with Gasteiger partial charge in [-0.25, -0.2) is 0 Å². The second-order valence-electron chi connectivity index (χ2n) is 6.10. The lowest BCUT2D eigenvalue weighted by atomic mass is 9.75. The second kappa shape index (κ2) is 4.01. The molecule has 0 aromatic carbocycles. The standard InChI is InChI=1S/C17H24/c1-6-14-15(7-2)17(5,12-16(14,3)4)13-10-8-9-11-13/h6-8,10-11H,9,12H2,1-5H3/b14-6+,15-7+. The SMILES string of the molecule is C/C=C1\C(=C/C)C(C)(C2=CCC=C2)CC1(C)C. The molecule has 0 saturated heterocycles. The summed E-state index contributed by atoms with van der Waals surface area (Å²) >= 11 is 0. The van der Waals surface area contributed by atoms with E-state index in [4.69, 9.17) is 0 Å². The van der Waals surface area contributed by atoms with Crippen LogP contribution in [0.4, 0.5) is 0 Å². The summed E-state index contributed by atoms with van der Waals surface area (Å²) in [7, 11) is 0. The Bertz CT molecular complexity index is 441. The molecule has 2 aliphatic carbocycles. The van der Waals surface area contributed by atoms with Crippen molar-refractivity contribution < 1.29 is 0 Å². The minimum atomic E-state index is 0.215. The fourth-order valence-electron chi connectivity index (χ4n) is 3.88. The van der Waals surface area contributed by atoms with Crippen molar-refractivity contribution in [2.75, 3.05) is 0 Å². The molecule has 17 heavy (non-hydrogen) atoms. The van der Waals surface area contributed by atoms with Crippen molar-refractivity contribution in [3.8, 4) is 0 Å². The third-order valence-corrected chi connectivity index (χ3v) is 4.39. The predicted molar refractivity (Wildman–Crippen MR) is 75.9 cm³/mol. The van der Waals surface area contributed by atoms with E-state index in [0.29, 0.717) is 5.41 Å². The Labute approximate surface area is 106 Å². The fraction of sp³-hybridized carbons (Fsp3) is 0.529. The molecule has 1 unspecified atom stereocenters. The molecule has 0 heterocycles. The van der Waals surface area contributed by atoms with Gasteiger partial charge in [0, 0.05) is 5.41 Å². The molecule has 0 aromatic heterocycles. The normalized spacial score (nSPS) is 35.9. The molecule has 1 fully saturated rings. The van der Waals surface area contributed by atoms with E-state index >= 15 is 0 Å². The predicted octanol–water partition coefficient (Wildman–Crippen LogP) is 5.20. The monoisotopic (exact) mass is 228 g/mol. The van der Waals surface area contributed by atoms with Crippen LogP contribution in [0.2, 0.25) is 0 Å². The first-order valence-electron chi connectivity index (χ1n) is 6.67. The van der Waals surface area contributed by atoms with Crippen molar-refractivity contribution in [1.82, 2.24) is 0 Å². The van der Waals surface area contributed by atoms with Gasteiger partial charge in [0.1, 0.15) is 0 Å². The zero-order chi connectivity index (χ0) is 12.7. The Morgan fingerprint density at radius 3 is 2.18 bits per heavy atom. The average Bonchev–Trinajstić information content (AvgIpc) is 2.82. The highest BCUT2D eigenvalue weighted by Crippen LogP contribution is 2.59. The van der Waals surface area contributed by atoms with Crippen LogP contribution >= 0.6 is 0 Å². The second-order valence-corrected chi connectivity index (χ2v) is 6.10. The van der Waals surface area contributed by atoms with Crippen molar-refractivity contribution in [2.45, 2.75) is 47.5 Å². The molecule has 1 saturated carbocycles. The fourth-order valence-corrected chi connectivity index (χ4v) is 3.88. The van der Waals surface area contributed by atoms with Gasteiger partial charge in [0.25, 0.3) is 0 Å². The quantitative estimate of drug-likeness (QED) is 0.578. The van der Waals surface area contributed by atoms with Gasteiger partial charge in [0.15, 0.2) is 0 Å². The molecule has 0 aliphatic heterocycles. The Morgan fingerprint density at radius 1 is 1.06 bits per heavy atom. The molecule has 0 heteroatoms. The molecule has 0 aromatic rings. The van der Waals surface area contributed by atoms with Crippen LogP contribution in [0.15, 0.2) is 47.1 Å². The smallest absolute Gasteiger partial charge is 0.0179 e. The van der Waals surface area contributed by atoms with E-state index < -0.39 is 0 Å². The highest BCUT2D eigenvalue weighted by atomic mass is 14.5. The van der Waals surface area contributed by atoms with E-state index in [9.17, 15) is 0 Å². The molecule has 0 radical (unpaired) electrons. The highest BCUT2D eigenvalue weighted by molar-refractivity contribution is 5.53. The van der Waals surface area contributed by atoms with Gasteiger partial charge in [-0.3, -0.25) is 0 Å². The first-order chi connectivity index (χ1) is 7.95. The number of hydrogen-bond acceptors (Lipinski definition) is 0. The van der Waals surface area contributed by atoms with Crippen LogP contribution < -0.4 is 0 Å². The summed E-state index contributed by atoms with van der Waals surface area (Å²) in [5, 5.41) is 0. The lowest BCUT2D eigenvalue weighted by Gasteiger charge is -2.28. The zero-order valence-electron chi connectivity index (χ0n) is 11.8.